The summed E-state index contributed by atoms with van der Waals surface area (Å²) in [4.78, 5) is 0. The lowest BCUT2D eigenvalue weighted by molar-refractivity contribution is 0.0176. The lowest BCUT2D eigenvalue weighted by Crippen LogP contribution is -2.38. The molecule has 0 saturated heterocycles. The van der Waals surface area contributed by atoms with Gasteiger partial charge in [-0.1, -0.05) is 13.8 Å². The molecule has 0 aromatic heterocycles. The van der Waals surface area contributed by atoms with E-state index in [0.717, 1.165) is 11.8 Å². The lowest BCUT2D eigenvalue weighted by atomic mass is 9.80. The summed E-state index contributed by atoms with van der Waals surface area (Å²) in [5, 5.41) is 3.39. The number of alkyl halides is 2. The van der Waals surface area contributed by atoms with E-state index >= 15 is 0 Å². The smallest absolute Gasteiger partial charge is 0.261 e. The lowest BCUT2D eigenvalue weighted by Gasteiger charge is -2.32. The van der Waals surface area contributed by atoms with Gasteiger partial charge in [-0.15, -0.1) is 0 Å². The molecule has 0 aromatic rings. The Kier molecular flexibility index (Phi) is 6.21. The zero-order chi connectivity index (χ0) is 12.0. The van der Waals surface area contributed by atoms with Crippen LogP contribution in [0.3, 0.4) is 0 Å². The molecule has 0 amide bonds. The van der Waals surface area contributed by atoms with E-state index in [4.69, 9.17) is 4.74 Å². The van der Waals surface area contributed by atoms with Gasteiger partial charge in [0.15, 0.2) is 0 Å². The Labute approximate surface area is 96.7 Å². The zero-order valence-corrected chi connectivity index (χ0v) is 10.2. The fourth-order valence-electron chi connectivity index (χ4n) is 2.62. The predicted octanol–water partition coefficient (Wildman–Crippen LogP) is 2.68. The number of hydrogen-bond donors (Lipinski definition) is 1. The van der Waals surface area contributed by atoms with Gasteiger partial charge in [0, 0.05) is 12.6 Å². The molecule has 1 saturated carbocycles. The van der Waals surface area contributed by atoms with Crippen molar-refractivity contribution in [1.29, 1.82) is 0 Å². The average Bonchev–Trinajstić information content (AvgIpc) is 2.15. The first kappa shape index (κ1) is 13.8. The molecule has 4 heteroatoms. The fraction of sp³-hybridized carbons (Fsp3) is 1.00. The number of hydrogen-bond acceptors (Lipinski definition) is 2. The monoisotopic (exact) mass is 235 g/mol. The molecule has 1 fully saturated rings. The van der Waals surface area contributed by atoms with Crippen molar-refractivity contribution in [3.05, 3.63) is 0 Å². The molecule has 0 spiro atoms. The largest absolute Gasteiger partial charge is 0.374 e. The molecule has 2 nitrogen and oxygen atoms in total. The van der Waals surface area contributed by atoms with Crippen LogP contribution in [0.2, 0.25) is 0 Å². The molecule has 1 rings (SSSR count). The quantitative estimate of drug-likeness (QED) is 0.715. The van der Waals surface area contributed by atoms with E-state index in [-0.39, 0.29) is 0 Å². The van der Waals surface area contributed by atoms with E-state index in [1.165, 1.54) is 19.3 Å². The van der Waals surface area contributed by atoms with E-state index < -0.39 is 13.0 Å². The molecular weight excluding hydrogens is 212 g/mol. The van der Waals surface area contributed by atoms with Crippen LogP contribution in [0.5, 0.6) is 0 Å². The highest BCUT2D eigenvalue weighted by Gasteiger charge is 2.23. The molecule has 2 unspecified atom stereocenters. The van der Waals surface area contributed by atoms with Crippen LogP contribution in [0, 0.1) is 11.8 Å². The second-order valence-corrected chi connectivity index (χ2v) is 5.03. The molecule has 1 aliphatic rings. The van der Waals surface area contributed by atoms with Gasteiger partial charge in [0.2, 0.25) is 0 Å². The van der Waals surface area contributed by atoms with Crippen molar-refractivity contribution in [2.24, 2.45) is 11.8 Å². The second-order valence-electron chi connectivity index (χ2n) is 5.03. The van der Waals surface area contributed by atoms with Crippen molar-refractivity contribution in [2.45, 2.75) is 45.6 Å². The number of halogens is 2. The fourth-order valence-corrected chi connectivity index (χ4v) is 2.62. The van der Waals surface area contributed by atoms with Crippen molar-refractivity contribution in [3.63, 3.8) is 0 Å². The third-order valence-electron chi connectivity index (χ3n) is 3.10. The van der Waals surface area contributed by atoms with Crippen LogP contribution in [-0.2, 0) is 4.74 Å². The molecular formula is C12H23F2NO. The molecule has 0 bridgehead atoms. The predicted molar refractivity (Wildman–Crippen MR) is 60.8 cm³/mol. The Morgan fingerprint density at radius 3 is 2.38 bits per heavy atom. The van der Waals surface area contributed by atoms with Crippen LogP contribution in [0.1, 0.15) is 33.1 Å². The van der Waals surface area contributed by atoms with Crippen molar-refractivity contribution >= 4 is 0 Å². The average molecular weight is 235 g/mol. The highest BCUT2D eigenvalue weighted by Crippen LogP contribution is 2.28. The minimum Gasteiger partial charge on any atom is -0.374 e. The van der Waals surface area contributed by atoms with Gasteiger partial charge in [0.05, 0.1) is 6.61 Å². The zero-order valence-electron chi connectivity index (χ0n) is 10.2. The number of ether oxygens (including phenoxy) is 1. The Morgan fingerprint density at radius 1 is 1.19 bits per heavy atom. The first-order valence-corrected chi connectivity index (χ1v) is 6.17. The minimum atomic E-state index is -2.35. The first-order valence-electron chi connectivity index (χ1n) is 6.17. The summed E-state index contributed by atoms with van der Waals surface area (Å²) in [6.45, 7) is 5.16. The van der Waals surface area contributed by atoms with Gasteiger partial charge in [-0.3, -0.25) is 0 Å². The van der Waals surface area contributed by atoms with Gasteiger partial charge in [0.25, 0.3) is 6.43 Å². The Bertz CT molecular complexity index is 180. The maximum absolute atomic E-state index is 11.8. The number of rotatable bonds is 6. The molecule has 1 aliphatic carbocycles. The topological polar surface area (TPSA) is 21.3 Å². The van der Waals surface area contributed by atoms with Crippen LogP contribution in [0.15, 0.2) is 0 Å². The molecule has 0 aromatic carbocycles. The van der Waals surface area contributed by atoms with E-state index in [1.54, 1.807) is 0 Å². The molecule has 0 aliphatic heterocycles. The maximum Gasteiger partial charge on any atom is 0.261 e. The van der Waals surface area contributed by atoms with Gasteiger partial charge < -0.3 is 10.1 Å². The molecule has 16 heavy (non-hydrogen) atoms. The normalized spacial score (nSPS) is 30.9. The summed E-state index contributed by atoms with van der Waals surface area (Å²) in [6.07, 6.45) is 1.34. The minimum absolute atomic E-state index is 0.379. The summed E-state index contributed by atoms with van der Waals surface area (Å²) in [5.41, 5.74) is 0. The Hall–Kier alpha value is -0.220. The summed E-state index contributed by atoms with van der Waals surface area (Å²) < 4.78 is 28.4. The van der Waals surface area contributed by atoms with Crippen LogP contribution >= 0.6 is 0 Å². The second kappa shape index (κ2) is 7.17. The highest BCUT2D eigenvalue weighted by molar-refractivity contribution is 4.79. The Balaban J connectivity index is 2.04. The van der Waals surface area contributed by atoms with Crippen LogP contribution in [0.4, 0.5) is 8.78 Å². The summed E-state index contributed by atoms with van der Waals surface area (Å²) in [6, 6.07) is 0.536. The van der Waals surface area contributed by atoms with Crippen LogP contribution < -0.4 is 5.32 Å². The summed E-state index contributed by atoms with van der Waals surface area (Å²) in [7, 11) is 0. The highest BCUT2D eigenvalue weighted by atomic mass is 19.3. The summed E-state index contributed by atoms with van der Waals surface area (Å²) in [5.74, 6) is 1.53. The van der Waals surface area contributed by atoms with E-state index in [1.807, 2.05) is 0 Å². The Morgan fingerprint density at radius 2 is 1.81 bits per heavy atom. The third kappa shape index (κ3) is 5.75. The third-order valence-corrected chi connectivity index (χ3v) is 3.10. The molecule has 1 N–H and O–H groups in total. The first-order chi connectivity index (χ1) is 7.58. The van der Waals surface area contributed by atoms with Crippen molar-refractivity contribution in [3.8, 4) is 0 Å². The molecule has 0 radical (unpaired) electrons. The van der Waals surface area contributed by atoms with Crippen LogP contribution in [-0.4, -0.2) is 32.2 Å². The molecule has 0 heterocycles. The van der Waals surface area contributed by atoms with E-state index in [0.29, 0.717) is 19.2 Å². The maximum atomic E-state index is 11.8. The standard InChI is InChI=1S/C12H23F2NO/c1-9-5-10(2)7-11(6-9)15-3-4-16-8-12(13)14/h9-12,15H,3-8H2,1-2H3. The SMILES string of the molecule is CC1CC(C)CC(NCCOCC(F)F)C1. The molecule has 96 valence electrons. The van der Waals surface area contributed by atoms with Crippen molar-refractivity contribution in [1.82, 2.24) is 5.32 Å². The van der Waals surface area contributed by atoms with Gasteiger partial charge in [0.1, 0.15) is 6.61 Å². The van der Waals surface area contributed by atoms with Gasteiger partial charge >= 0.3 is 0 Å². The van der Waals surface area contributed by atoms with Crippen LogP contribution in [0.25, 0.3) is 0 Å². The van der Waals surface area contributed by atoms with Crippen molar-refractivity contribution < 1.29 is 13.5 Å². The van der Waals surface area contributed by atoms with Gasteiger partial charge in [-0.2, -0.15) is 0 Å². The van der Waals surface area contributed by atoms with E-state index in [2.05, 4.69) is 19.2 Å². The van der Waals surface area contributed by atoms with E-state index in [9.17, 15) is 8.78 Å². The number of nitrogens with one attached hydrogen (secondary N) is 1. The van der Waals surface area contributed by atoms with Gasteiger partial charge in [-0.25, -0.2) is 8.78 Å². The van der Waals surface area contributed by atoms with Crippen molar-refractivity contribution in [2.75, 3.05) is 19.8 Å². The molecule has 2 atom stereocenters. The summed E-state index contributed by atoms with van der Waals surface area (Å²) >= 11 is 0. The van der Waals surface area contributed by atoms with Gasteiger partial charge in [-0.05, 0) is 31.1 Å².